The van der Waals surface area contributed by atoms with Crippen molar-refractivity contribution in [1.29, 1.82) is 5.26 Å². The van der Waals surface area contributed by atoms with Crippen LogP contribution >= 0.6 is 0 Å². The molecule has 21 heavy (non-hydrogen) atoms. The monoisotopic (exact) mass is 286 g/mol. The van der Waals surface area contributed by atoms with E-state index in [2.05, 4.69) is 11.4 Å². The first-order valence-electron chi connectivity index (χ1n) is 6.62. The van der Waals surface area contributed by atoms with Gasteiger partial charge in [-0.3, -0.25) is 0 Å². The van der Waals surface area contributed by atoms with Crippen LogP contribution in [-0.2, 0) is 12.0 Å². The summed E-state index contributed by atoms with van der Waals surface area (Å²) in [5, 5.41) is 12.1. The third kappa shape index (κ3) is 3.38. The molecule has 1 N–H and O–H groups in total. The molecule has 2 nitrogen and oxygen atoms in total. The van der Waals surface area contributed by atoms with Gasteiger partial charge < -0.3 is 5.32 Å². The molecule has 0 saturated carbocycles. The predicted octanol–water partition coefficient (Wildman–Crippen LogP) is 4.38. The van der Waals surface area contributed by atoms with Crippen molar-refractivity contribution in [2.24, 2.45) is 0 Å². The lowest BCUT2D eigenvalue weighted by atomic mass is 9.86. The Bertz CT molecular complexity index is 650. The Labute approximate surface area is 123 Å². The van der Waals surface area contributed by atoms with Gasteiger partial charge in [-0.2, -0.15) is 5.26 Å². The summed E-state index contributed by atoms with van der Waals surface area (Å²) in [6.45, 7) is 3.74. The molecule has 0 radical (unpaired) electrons. The van der Waals surface area contributed by atoms with Crippen molar-refractivity contribution < 1.29 is 8.78 Å². The van der Waals surface area contributed by atoms with Gasteiger partial charge in [-0.15, -0.1) is 0 Å². The van der Waals surface area contributed by atoms with Crippen LogP contribution in [0, 0.1) is 23.0 Å². The maximum absolute atomic E-state index is 13.5. The SMILES string of the molecule is CC(C)(C#N)c1ccc(NCc2c(F)cccc2F)cc1. The molecule has 0 aliphatic carbocycles. The molecular formula is C17H16F2N2. The standard InChI is InChI=1S/C17H16F2N2/c1-17(2,11-20)12-6-8-13(9-7-12)21-10-14-15(18)4-3-5-16(14)19/h3-9,21H,10H2,1-2H3. The van der Waals surface area contributed by atoms with E-state index >= 15 is 0 Å². The van der Waals surface area contributed by atoms with Gasteiger partial charge in [-0.1, -0.05) is 18.2 Å². The topological polar surface area (TPSA) is 35.8 Å². The number of rotatable bonds is 4. The van der Waals surface area contributed by atoms with Crippen molar-refractivity contribution in [3.05, 3.63) is 65.2 Å². The van der Waals surface area contributed by atoms with Gasteiger partial charge in [0.1, 0.15) is 11.6 Å². The number of halogens is 2. The fourth-order valence-electron chi connectivity index (χ4n) is 1.96. The fourth-order valence-corrected chi connectivity index (χ4v) is 1.96. The van der Waals surface area contributed by atoms with Crippen molar-refractivity contribution in [2.45, 2.75) is 25.8 Å². The minimum atomic E-state index is -0.565. The zero-order valence-corrected chi connectivity index (χ0v) is 12.0. The number of benzene rings is 2. The van der Waals surface area contributed by atoms with Crippen molar-refractivity contribution in [3.8, 4) is 6.07 Å². The van der Waals surface area contributed by atoms with E-state index in [9.17, 15) is 8.78 Å². The van der Waals surface area contributed by atoms with Gasteiger partial charge in [0.25, 0.3) is 0 Å². The Morgan fingerprint density at radius 3 is 2.14 bits per heavy atom. The van der Waals surface area contributed by atoms with Gasteiger partial charge in [0.2, 0.25) is 0 Å². The quantitative estimate of drug-likeness (QED) is 0.905. The second-order valence-electron chi connectivity index (χ2n) is 5.37. The summed E-state index contributed by atoms with van der Waals surface area (Å²) in [7, 11) is 0. The molecule has 0 saturated heterocycles. The van der Waals surface area contributed by atoms with Crippen LogP contribution in [0.25, 0.3) is 0 Å². The molecule has 0 aromatic heterocycles. The summed E-state index contributed by atoms with van der Waals surface area (Å²) >= 11 is 0. The third-order valence-electron chi connectivity index (χ3n) is 3.42. The van der Waals surface area contributed by atoms with E-state index in [1.807, 2.05) is 26.0 Å². The highest BCUT2D eigenvalue weighted by Gasteiger charge is 2.19. The highest BCUT2D eigenvalue weighted by Crippen LogP contribution is 2.24. The van der Waals surface area contributed by atoms with Crippen LogP contribution < -0.4 is 5.32 Å². The molecule has 108 valence electrons. The van der Waals surface area contributed by atoms with E-state index in [1.165, 1.54) is 18.2 Å². The number of nitrogens with zero attached hydrogens (tertiary/aromatic N) is 1. The Morgan fingerprint density at radius 1 is 1.05 bits per heavy atom. The van der Waals surface area contributed by atoms with Gasteiger partial charge in [0.15, 0.2) is 0 Å². The first-order chi connectivity index (χ1) is 9.94. The minimum absolute atomic E-state index is 0.0129. The van der Waals surface area contributed by atoms with Crippen molar-refractivity contribution >= 4 is 5.69 Å². The molecule has 4 heteroatoms. The number of nitrogens with one attached hydrogen (secondary N) is 1. The van der Waals surface area contributed by atoms with E-state index in [0.717, 1.165) is 11.3 Å². The van der Waals surface area contributed by atoms with Crippen LogP contribution in [0.4, 0.5) is 14.5 Å². The predicted molar refractivity (Wildman–Crippen MR) is 78.8 cm³/mol. The Balaban J connectivity index is 2.10. The Kier molecular flexibility index (Phi) is 4.23. The highest BCUT2D eigenvalue weighted by atomic mass is 19.1. The van der Waals surface area contributed by atoms with E-state index in [4.69, 9.17) is 5.26 Å². The van der Waals surface area contributed by atoms with Gasteiger partial charge in [0.05, 0.1) is 11.5 Å². The smallest absolute Gasteiger partial charge is 0.131 e. The van der Waals surface area contributed by atoms with E-state index in [0.29, 0.717) is 0 Å². The van der Waals surface area contributed by atoms with Crippen LogP contribution in [0.3, 0.4) is 0 Å². The molecule has 0 atom stereocenters. The first kappa shape index (κ1) is 15.0. The van der Waals surface area contributed by atoms with Crippen LogP contribution in [-0.4, -0.2) is 0 Å². The van der Waals surface area contributed by atoms with Gasteiger partial charge in [0, 0.05) is 17.8 Å². The second kappa shape index (κ2) is 5.92. The molecule has 0 spiro atoms. The molecule has 0 amide bonds. The lowest BCUT2D eigenvalue weighted by molar-refractivity contribution is 0.560. The number of hydrogen-bond donors (Lipinski definition) is 1. The van der Waals surface area contributed by atoms with Crippen molar-refractivity contribution in [1.82, 2.24) is 0 Å². The molecule has 2 rings (SSSR count). The first-order valence-corrected chi connectivity index (χ1v) is 6.62. The van der Waals surface area contributed by atoms with Gasteiger partial charge in [-0.05, 0) is 43.7 Å². The van der Waals surface area contributed by atoms with E-state index in [1.54, 1.807) is 12.1 Å². The zero-order valence-electron chi connectivity index (χ0n) is 12.0. The normalized spacial score (nSPS) is 11.0. The summed E-state index contributed by atoms with van der Waals surface area (Å²) in [5.41, 5.74) is 1.09. The van der Waals surface area contributed by atoms with Crippen molar-refractivity contribution in [2.75, 3.05) is 5.32 Å². The maximum Gasteiger partial charge on any atom is 0.131 e. The molecule has 0 aliphatic rings. The second-order valence-corrected chi connectivity index (χ2v) is 5.37. The number of anilines is 1. The summed E-state index contributed by atoms with van der Waals surface area (Å²) in [4.78, 5) is 0. The van der Waals surface area contributed by atoms with E-state index < -0.39 is 17.0 Å². The summed E-state index contributed by atoms with van der Waals surface area (Å²) < 4.78 is 27.0. The average Bonchev–Trinajstić information content (AvgIpc) is 2.47. The lowest BCUT2D eigenvalue weighted by Gasteiger charge is -2.16. The van der Waals surface area contributed by atoms with Crippen LogP contribution in [0.2, 0.25) is 0 Å². The third-order valence-corrected chi connectivity index (χ3v) is 3.42. The summed E-state index contributed by atoms with van der Waals surface area (Å²) in [5.74, 6) is -1.13. The molecule has 0 unspecified atom stereocenters. The fraction of sp³-hybridized carbons (Fsp3) is 0.235. The molecule has 2 aromatic rings. The van der Waals surface area contributed by atoms with Gasteiger partial charge >= 0.3 is 0 Å². The number of hydrogen-bond acceptors (Lipinski definition) is 2. The van der Waals surface area contributed by atoms with Crippen LogP contribution in [0.15, 0.2) is 42.5 Å². The molecule has 0 bridgehead atoms. The number of nitriles is 1. The molecule has 0 heterocycles. The molecule has 0 aliphatic heterocycles. The largest absolute Gasteiger partial charge is 0.381 e. The van der Waals surface area contributed by atoms with Crippen molar-refractivity contribution in [3.63, 3.8) is 0 Å². The van der Waals surface area contributed by atoms with Gasteiger partial charge in [-0.25, -0.2) is 8.78 Å². The van der Waals surface area contributed by atoms with Crippen LogP contribution in [0.5, 0.6) is 0 Å². The van der Waals surface area contributed by atoms with E-state index in [-0.39, 0.29) is 12.1 Å². The molecular weight excluding hydrogens is 270 g/mol. The maximum atomic E-state index is 13.5. The lowest BCUT2D eigenvalue weighted by Crippen LogP contribution is -2.13. The minimum Gasteiger partial charge on any atom is -0.381 e. The van der Waals surface area contributed by atoms with Crippen LogP contribution in [0.1, 0.15) is 25.0 Å². The highest BCUT2D eigenvalue weighted by molar-refractivity contribution is 5.47. The molecule has 2 aromatic carbocycles. The summed E-state index contributed by atoms with van der Waals surface area (Å²) in [6.07, 6.45) is 0. The Hall–Kier alpha value is -2.41. The Morgan fingerprint density at radius 2 is 1.62 bits per heavy atom. The zero-order chi connectivity index (χ0) is 15.5. The average molecular weight is 286 g/mol. The molecule has 0 fully saturated rings. The summed E-state index contributed by atoms with van der Waals surface area (Å²) in [6, 6.07) is 13.3.